The van der Waals surface area contributed by atoms with E-state index in [0.29, 0.717) is 23.1 Å². The summed E-state index contributed by atoms with van der Waals surface area (Å²) in [6, 6.07) is 8.94. The number of ketones is 1. The third-order valence-electron chi connectivity index (χ3n) is 4.36. The number of hydrogen-bond acceptors (Lipinski definition) is 5. The second-order valence-corrected chi connectivity index (χ2v) is 5.84. The minimum Gasteiger partial charge on any atom is -0.466 e. The normalized spacial score (nSPS) is 19.1. The number of benzene rings is 1. The van der Waals surface area contributed by atoms with E-state index in [9.17, 15) is 19.7 Å². The van der Waals surface area contributed by atoms with Crippen LogP contribution in [-0.4, -0.2) is 29.8 Å². The molecule has 1 aliphatic carbocycles. The summed E-state index contributed by atoms with van der Waals surface area (Å²) in [4.78, 5) is 35.4. The number of carbonyl (C=O) groups excluding carboxylic acids is 2. The van der Waals surface area contributed by atoms with Gasteiger partial charge in [-0.2, -0.15) is 0 Å². The lowest BCUT2D eigenvalue weighted by Crippen LogP contribution is -2.30. The van der Waals surface area contributed by atoms with Gasteiger partial charge in [0.25, 0.3) is 0 Å². The summed E-state index contributed by atoms with van der Waals surface area (Å²) in [5.41, 5.74) is 1.70. The van der Waals surface area contributed by atoms with E-state index in [-0.39, 0.29) is 31.3 Å². The van der Waals surface area contributed by atoms with Crippen LogP contribution in [0.25, 0.3) is 0 Å². The Morgan fingerprint density at radius 3 is 2.62 bits per heavy atom. The zero-order chi connectivity index (χ0) is 17.7. The average Bonchev–Trinajstić information content (AvgIpc) is 2.54. The molecule has 1 aliphatic rings. The lowest BCUT2D eigenvalue weighted by molar-refractivity contribution is -0.481. The summed E-state index contributed by atoms with van der Waals surface area (Å²) in [5.74, 6) is -1.64. The van der Waals surface area contributed by atoms with Crippen LogP contribution in [-0.2, 0) is 14.3 Å². The van der Waals surface area contributed by atoms with Crippen molar-refractivity contribution < 1.29 is 19.2 Å². The minimum atomic E-state index is -0.647. The van der Waals surface area contributed by atoms with Crippen molar-refractivity contribution in [2.75, 3.05) is 13.2 Å². The van der Waals surface area contributed by atoms with Crippen molar-refractivity contribution in [3.8, 4) is 0 Å². The molecule has 0 unspecified atom stereocenters. The fraction of sp³-hybridized carbons (Fsp3) is 0.444. The van der Waals surface area contributed by atoms with E-state index in [0.717, 1.165) is 0 Å². The summed E-state index contributed by atoms with van der Waals surface area (Å²) in [5, 5.41) is 11.1. The molecule has 128 valence electrons. The number of Topliss-reactive ketones (excluding diaryl/α,β-unsaturated/α-hetero) is 1. The van der Waals surface area contributed by atoms with Gasteiger partial charge in [0.15, 0.2) is 5.78 Å². The lowest BCUT2D eigenvalue weighted by Gasteiger charge is -2.28. The second kappa shape index (κ2) is 7.86. The quantitative estimate of drug-likeness (QED) is 0.454. The van der Waals surface area contributed by atoms with Crippen molar-refractivity contribution in [3.05, 3.63) is 57.2 Å². The Balaban J connectivity index is 2.48. The van der Waals surface area contributed by atoms with Gasteiger partial charge in [0.05, 0.1) is 18.4 Å². The monoisotopic (exact) mass is 331 g/mol. The van der Waals surface area contributed by atoms with Crippen molar-refractivity contribution in [3.63, 3.8) is 0 Å². The summed E-state index contributed by atoms with van der Waals surface area (Å²) >= 11 is 0. The van der Waals surface area contributed by atoms with Gasteiger partial charge in [0, 0.05) is 16.9 Å². The van der Waals surface area contributed by atoms with E-state index in [1.165, 1.54) is 0 Å². The van der Waals surface area contributed by atoms with Crippen molar-refractivity contribution >= 4 is 11.8 Å². The van der Waals surface area contributed by atoms with Gasteiger partial charge in [-0.15, -0.1) is 0 Å². The minimum absolute atomic E-state index is 0.122. The zero-order valence-corrected chi connectivity index (χ0v) is 13.9. The van der Waals surface area contributed by atoms with E-state index in [1.807, 2.05) is 6.07 Å². The maximum atomic E-state index is 12.5. The Kier molecular flexibility index (Phi) is 5.84. The molecule has 0 radical (unpaired) electrons. The highest BCUT2D eigenvalue weighted by Crippen LogP contribution is 2.37. The van der Waals surface area contributed by atoms with Gasteiger partial charge in [-0.3, -0.25) is 19.7 Å². The summed E-state index contributed by atoms with van der Waals surface area (Å²) in [6.07, 6.45) is 0.601. The Morgan fingerprint density at radius 2 is 2.04 bits per heavy atom. The van der Waals surface area contributed by atoms with E-state index in [4.69, 9.17) is 4.74 Å². The third-order valence-corrected chi connectivity index (χ3v) is 4.36. The first-order valence-electron chi connectivity index (χ1n) is 8.02. The number of ether oxygens (including phenoxy) is 1. The highest BCUT2D eigenvalue weighted by molar-refractivity contribution is 6.00. The molecule has 2 rings (SSSR count). The van der Waals surface area contributed by atoms with Crippen molar-refractivity contribution in [2.24, 2.45) is 5.92 Å². The summed E-state index contributed by atoms with van der Waals surface area (Å²) in [6.45, 7) is 3.33. The van der Waals surface area contributed by atoms with Crippen LogP contribution in [0.3, 0.4) is 0 Å². The first kappa shape index (κ1) is 17.8. The Morgan fingerprint density at radius 1 is 1.38 bits per heavy atom. The van der Waals surface area contributed by atoms with Crippen molar-refractivity contribution in [1.82, 2.24) is 0 Å². The van der Waals surface area contributed by atoms with Gasteiger partial charge >= 0.3 is 5.97 Å². The van der Waals surface area contributed by atoms with Gasteiger partial charge in [-0.25, -0.2) is 0 Å². The van der Waals surface area contributed by atoms with Crippen LogP contribution in [0.4, 0.5) is 0 Å². The first-order chi connectivity index (χ1) is 11.5. The maximum absolute atomic E-state index is 12.5. The molecule has 0 bridgehead atoms. The molecule has 24 heavy (non-hydrogen) atoms. The number of nitro groups is 1. The molecule has 0 N–H and O–H groups in total. The predicted molar refractivity (Wildman–Crippen MR) is 88.1 cm³/mol. The molecule has 6 heteroatoms. The van der Waals surface area contributed by atoms with Crippen LogP contribution in [0, 0.1) is 16.0 Å². The number of nitrogens with zero attached hydrogens (tertiary/aromatic N) is 1. The SMILES string of the molecule is CCOC(=O)[C@H]1CCC(=O)C([C@H](C[N+](=O)[O-])c2ccccc2)=C1C. The number of esters is 1. The van der Waals surface area contributed by atoms with Crippen molar-refractivity contribution in [2.45, 2.75) is 32.6 Å². The van der Waals surface area contributed by atoms with Gasteiger partial charge in [0.1, 0.15) is 0 Å². The van der Waals surface area contributed by atoms with E-state index in [2.05, 4.69) is 0 Å². The van der Waals surface area contributed by atoms with Crippen LogP contribution in [0.5, 0.6) is 0 Å². The Bertz CT molecular complexity index is 665. The highest BCUT2D eigenvalue weighted by Gasteiger charge is 2.37. The zero-order valence-electron chi connectivity index (χ0n) is 13.9. The summed E-state index contributed by atoms with van der Waals surface area (Å²) in [7, 11) is 0. The molecule has 6 nitrogen and oxygen atoms in total. The first-order valence-corrected chi connectivity index (χ1v) is 8.02. The molecule has 1 aromatic rings. The Labute approximate surface area is 140 Å². The molecule has 1 aromatic carbocycles. The number of hydrogen-bond donors (Lipinski definition) is 0. The fourth-order valence-corrected chi connectivity index (χ4v) is 3.24. The topological polar surface area (TPSA) is 86.5 Å². The van der Waals surface area contributed by atoms with Crippen LogP contribution in [0.15, 0.2) is 41.5 Å². The van der Waals surface area contributed by atoms with Crippen LogP contribution >= 0.6 is 0 Å². The molecule has 0 saturated carbocycles. The number of carbonyl (C=O) groups is 2. The molecule has 0 aromatic heterocycles. The molecular weight excluding hydrogens is 310 g/mol. The molecule has 2 atom stereocenters. The predicted octanol–water partition coefficient (Wildman–Crippen LogP) is 2.91. The van der Waals surface area contributed by atoms with Gasteiger partial charge < -0.3 is 4.74 Å². The van der Waals surface area contributed by atoms with Crippen LogP contribution in [0.1, 0.15) is 38.2 Å². The third kappa shape index (κ3) is 3.88. The van der Waals surface area contributed by atoms with Gasteiger partial charge in [-0.05, 0) is 25.8 Å². The largest absolute Gasteiger partial charge is 0.466 e. The van der Waals surface area contributed by atoms with Gasteiger partial charge in [0.2, 0.25) is 6.54 Å². The van der Waals surface area contributed by atoms with Crippen molar-refractivity contribution in [1.29, 1.82) is 0 Å². The fourth-order valence-electron chi connectivity index (χ4n) is 3.24. The maximum Gasteiger partial charge on any atom is 0.313 e. The lowest BCUT2D eigenvalue weighted by atomic mass is 9.75. The molecule has 0 fully saturated rings. The average molecular weight is 331 g/mol. The second-order valence-electron chi connectivity index (χ2n) is 5.84. The van der Waals surface area contributed by atoms with E-state index < -0.39 is 16.8 Å². The van der Waals surface area contributed by atoms with E-state index >= 15 is 0 Å². The summed E-state index contributed by atoms with van der Waals surface area (Å²) < 4.78 is 5.08. The molecule has 0 amide bonds. The highest BCUT2D eigenvalue weighted by atomic mass is 16.6. The van der Waals surface area contributed by atoms with E-state index in [1.54, 1.807) is 38.1 Å². The molecule has 0 saturated heterocycles. The standard InChI is InChI=1S/C18H21NO5/c1-3-24-18(21)14-9-10-16(20)17(12(14)2)15(11-19(22)23)13-7-5-4-6-8-13/h4-8,14-15H,3,9-11H2,1-2H3/t14-,15+/m0/s1. The number of rotatable bonds is 6. The van der Waals surface area contributed by atoms with Gasteiger partial charge in [-0.1, -0.05) is 35.9 Å². The smallest absolute Gasteiger partial charge is 0.313 e. The van der Waals surface area contributed by atoms with Crippen LogP contribution in [0.2, 0.25) is 0 Å². The molecule has 0 aliphatic heterocycles. The Hall–Kier alpha value is -2.50. The molecule has 0 spiro atoms. The van der Waals surface area contributed by atoms with Crippen LogP contribution < -0.4 is 0 Å². The molecule has 0 heterocycles. The molecular formula is C18H21NO5.